The Morgan fingerprint density at radius 2 is 1.81 bits per heavy atom. The van der Waals surface area contributed by atoms with E-state index in [0.717, 1.165) is 13.1 Å². The number of nitro groups is 1. The topological polar surface area (TPSA) is 66.7 Å². The van der Waals surface area contributed by atoms with Crippen molar-refractivity contribution in [2.75, 3.05) is 37.3 Å². The van der Waals surface area contributed by atoms with Gasteiger partial charge in [0.1, 0.15) is 0 Å². The normalized spacial score (nSPS) is 14.4. The minimum Gasteiger partial charge on any atom is -0.368 e. The Morgan fingerprint density at radius 3 is 2.42 bits per heavy atom. The molecule has 3 rings (SSSR count). The highest BCUT2D eigenvalue weighted by Crippen LogP contribution is 2.29. The van der Waals surface area contributed by atoms with Crippen LogP contribution in [0.25, 0.3) is 0 Å². The van der Waals surface area contributed by atoms with Crippen molar-refractivity contribution in [3.05, 3.63) is 63.7 Å². The number of carbonyl (C=O) groups is 1. The average Bonchev–Trinajstić information content (AvgIpc) is 2.67. The summed E-state index contributed by atoms with van der Waals surface area (Å²) in [5.41, 5.74) is 2.77. The van der Waals surface area contributed by atoms with Gasteiger partial charge in [0.15, 0.2) is 0 Å². The molecule has 0 bridgehead atoms. The van der Waals surface area contributed by atoms with Gasteiger partial charge in [-0.25, -0.2) is 0 Å². The van der Waals surface area contributed by atoms with Gasteiger partial charge in [-0.1, -0.05) is 18.2 Å². The second kappa shape index (κ2) is 7.78. The number of piperazine rings is 1. The van der Waals surface area contributed by atoms with E-state index in [2.05, 4.69) is 24.0 Å². The maximum absolute atomic E-state index is 12.8. The molecule has 136 valence electrons. The molecule has 26 heavy (non-hydrogen) atoms. The molecular weight excluding hydrogens is 350 g/mol. The molecule has 0 radical (unpaired) electrons. The van der Waals surface area contributed by atoms with Crippen LogP contribution in [0.5, 0.6) is 0 Å². The van der Waals surface area contributed by atoms with Gasteiger partial charge in [-0.3, -0.25) is 14.9 Å². The fourth-order valence-electron chi connectivity index (χ4n) is 3.22. The smallest absolute Gasteiger partial charge is 0.283 e. The zero-order valence-electron chi connectivity index (χ0n) is 14.8. The predicted octanol–water partition coefficient (Wildman–Crippen LogP) is 3.59. The third-order valence-electron chi connectivity index (χ3n) is 4.65. The fourth-order valence-corrected chi connectivity index (χ4v) is 3.76. The molecule has 0 aromatic heterocycles. The number of thioether (sulfide) groups is 1. The van der Waals surface area contributed by atoms with Crippen LogP contribution in [0.15, 0.2) is 47.4 Å². The van der Waals surface area contributed by atoms with E-state index >= 15 is 0 Å². The lowest BCUT2D eigenvalue weighted by atomic mass is 10.1. The molecule has 0 aliphatic carbocycles. The van der Waals surface area contributed by atoms with Crippen LogP contribution in [0.4, 0.5) is 11.4 Å². The summed E-state index contributed by atoms with van der Waals surface area (Å²) in [5.74, 6) is -0.148. The number of nitro benzene ring substituents is 1. The van der Waals surface area contributed by atoms with E-state index in [-0.39, 0.29) is 11.6 Å². The first-order valence-corrected chi connectivity index (χ1v) is 9.66. The molecule has 0 saturated carbocycles. The summed E-state index contributed by atoms with van der Waals surface area (Å²) in [6.45, 7) is 4.79. The third-order valence-corrected chi connectivity index (χ3v) is 5.43. The molecule has 1 aliphatic rings. The molecule has 0 spiro atoms. The summed E-state index contributed by atoms with van der Waals surface area (Å²) >= 11 is 1.31. The van der Waals surface area contributed by atoms with E-state index in [1.165, 1.54) is 29.1 Å². The lowest BCUT2D eigenvalue weighted by Crippen LogP contribution is -2.49. The third kappa shape index (κ3) is 3.67. The average molecular weight is 371 g/mol. The molecule has 1 saturated heterocycles. The minimum atomic E-state index is -0.432. The Hall–Kier alpha value is -2.54. The first-order chi connectivity index (χ1) is 12.5. The molecule has 2 aromatic rings. The Morgan fingerprint density at radius 1 is 1.12 bits per heavy atom. The number of amides is 1. The SMILES string of the molecule is CSc1ccc(C(=O)N2CCN(c3ccccc3C)CC2)cc1[N+](=O)[O-]. The van der Waals surface area contributed by atoms with Crippen LogP contribution in [-0.4, -0.2) is 48.2 Å². The standard InChI is InChI=1S/C19H21N3O3S/c1-14-5-3-4-6-16(14)20-9-11-21(12-10-20)19(23)15-7-8-18(26-2)17(13-15)22(24)25/h3-8,13H,9-12H2,1-2H3. The van der Waals surface area contributed by atoms with Gasteiger partial charge in [0.25, 0.3) is 11.6 Å². The number of aryl methyl sites for hydroxylation is 1. The van der Waals surface area contributed by atoms with Crippen LogP contribution < -0.4 is 4.90 Å². The number of benzene rings is 2. The van der Waals surface area contributed by atoms with Gasteiger partial charge in [0.2, 0.25) is 0 Å². The highest BCUT2D eigenvalue weighted by Gasteiger charge is 2.25. The lowest BCUT2D eigenvalue weighted by Gasteiger charge is -2.36. The van der Waals surface area contributed by atoms with Crippen LogP contribution in [0.1, 0.15) is 15.9 Å². The van der Waals surface area contributed by atoms with E-state index in [4.69, 9.17) is 0 Å². The summed E-state index contributed by atoms with van der Waals surface area (Å²) < 4.78 is 0. The molecule has 2 aromatic carbocycles. The highest BCUT2D eigenvalue weighted by molar-refractivity contribution is 7.98. The number of hydrogen-bond donors (Lipinski definition) is 0. The minimum absolute atomic E-state index is 0.0121. The summed E-state index contributed by atoms with van der Waals surface area (Å²) in [5, 5.41) is 11.2. The van der Waals surface area contributed by atoms with Crippen molar-refractivity contribution in [3.63, 3.8) is 0 Å². The summed E-state index contributed by atoms with van der Waals surface area (Å²) in [4.78, 5) is 28.2. The predicted molar refractivity (Wildman–Crippen MR) is 104 cm³/mol. The molecule has 1 fully saturated rings. The molecule has 1 aliphatic heterocycles. The van der Waals surface area contributed by atoms with Gasteiger partial charge >= 0.3 is 0 Å². The van der Waals surface area contributed by atoms with Crippen molar-refractivity contribution in [1.82, 2.24) is 4.90 Å². The molecule has 0 N–H and O–H groups in total. The van der Waals surface area contributed by atoms with E-state index in [0.29, 0.717) is 23.5 Å². The summed E-state index contributed by atoms with van der Waals surface area (Å²) in [6.07, 6.45) is 1.79. The monoisotopic (exact) mass is 371 g/mol. The van der Waals surface area contributed by atoms with Crippen molar-refractivity contribution in [3.8, 4) is 0 Å². The second-order valence-electron chi connectivity index (χ2n) is 6.21. The number of hydrogen-bond acceptors (Lipinski definition) is 5. The van der Waals surface area contributed by atoms with Crippen molar-refractivity contribution >= 4 is 29.0 Å². The van der Waals surface area contributed by atoms with Gasteiger partial charge in [-0.05, 0) is 36.9 Å². The highest BCUT2D eigenvalue weighted by atomic mass is 32.2. The number of carbonyl (C=O) groups excluding carboxylic acids is 1. The zero-order valence-corrected chi connectivity index (χ0v) is 15.7. The molecule has 1 heterocycles. The first-order valence-electron chi connectivity index (χ1n) is 8.43. The Bertz CT molecular complexity index is 833. The first kappa shape index (κ1) is 18.3. The Balaban J connectivity index is 1.72. The maximum atomic E-state index is 12.8. The quantitative estimate of drug-likeness (QED) is 0.467. The summed E-state index contributed by atoms with van der Waals surface area (Å²) in [6, 6.07) is 12.9. The van der Waals surface area contributed by atoms with Crippen molar-refractivity contribution in [2.45, 2.75) is 11.8 Å². The van der Waals surface area contributed by atoms with Gasteiger partial charge in [-0.2, -0.15) is 0 Å². The van der Waals surface area contributed by atoms with Gasteiger partial charge in [0.05, 0.1) is 9.82 Å². The molecule has 7 heteroatoms. The van der Waals surface area contributed by atoms with E-state index in [9.17, 15) is 14.9 Å². The zero-order chi connectivity index (χ0) is 18.7. The van der Waals surface area contributed by atoms with Crippen LogP contribution in [0.2, 0.25) is 0 Å². The van der Waals surface area contributed by atoms with Crippen LogP contribution in [0, 0.1) is 17.0 Å². The van der Waals surface area contributed by atoms with E-state index in [1.54, 1.807) is 23.3 Å². The van der Waals surface area contributed by atoms with Crippen molar-refractivity contribution < 1.29 is 9.72 Å². The number of rotatable bonds is 4. The van der Waals surface area contributed by atoms with Gasteiger partial charge in [0, 0.05) is 43.5 Å². The van der Waals surface area contributed by atoms with Crippen molar-refractivity contribution in [1.29, 1.82) is 0 Å². The Labute approximate surface area is 156 Å². The maximum Gasteiger partial charge on any atom is 0.283 e. The van der Waals surface area contributed by atoms with E-state index in [1.807, 2.05) is 12.1 Å². The second-order valence-corrected chi connectivity index (χ2v) is 7.06. The van der Waals surface area contributed by atoms with Crippen LogP contribution in [-0.2, 0) is 0 Å². The van der Waals surface area contributed by atoms with Gasteiger partial charge < -0.3 is 9.80 Å². The molecule has 0 unspecified atom stereocenters. The van der Waals surface area contributed by atoms with Gasteiger partial charge in [-0.15, -0.1) is 11.8 Å². The molecular formula is C19H21N3O3S. The summed E-state index contributed by atoms with van der Waals surface area (Å²) in [7, 11) is 0. The number of para-hydroxylation sites is 1. The number of nitrogens with zero attached hydrogens (tertiary/aromatic N) is 3. The van der Waals surface area contributed by atoms with Crippen LogP contribution >= 0.6 is 11.8 Å². The molecule has 6 nitrogen and oxygen atoms in total. The van der Waals surface area contributed by atoms with Crippen LogP contribution in [0.3, 0.4) is 0 Å². The fraction of sp³-hybridized carbons (Fsp3) is 0.316. The van der Waals surface area contributed by atoms with E-state index < -0.39 is 4.92 Å². The molecule has 0 atom stereocenters. The Kier molecular flexibility index (Phi) is 5.46. The lowest BCUT2D eigenvalue weighted by molar-refractivity contribution is -0.387. The number of anilines is 1. The largest absolute Gasteiger partial charge is 0.368 e. The van der Waals surface area contributed by atoms with Crippen molar-refractivity contribution in [2.24, 2.45) is 0 Å². The molecule has 1 amide bonds.